The molecule has 2 nitrogen and oxygen atoms in total. The minimum absolute atomic E-state index is 0.224. The van der Waals surface area contributed by atoms with Crippen molar-refractivity contribution in [3.05, 3.63) is 0 Å². The molecule has 0 aromatic carbocycles. The average Bonchev–Trinajstić information content (AvgIpc) is 2.14. The fourth-order valence-corrected chi connectivity index (χ4v) is 1.36. The number of amides is 1. The van der Waals surface area contributed by atoms with Gasteiger partial charge >= 0.3 is 0 Å². The van der Waals surface area contributed by atoms with Crippen LogP contribution < -0.4 is 5.32 Å². The molecule has 0 aliphatic rings. The zero-order valence-corrected chi connectivity index (χ0v) is 9.23. The molecule has 1 atom stereocenters. The number of nitrogens with one attached hydrogen (secondary N) is 1. The second-order valence-corrected chi connectivity index (χ2v) is 3.56. The summed E-state index contributed by atoms with van der Waals surface area (Å²) in [5, 5.41) is 3.06. The van der Waals surface area contributed by atoms with Gasteiger partial charge in [-0.2, -0.15) is 0 Å². The predicted molar refractivity (Wildman–Crippen MR) is 56.7 cm³/mol. The van der Waals surface area contributed by atoms with Crippen molar-refractivity contribution in [2.75, 3.05) is 0 Å². The lowest BCUT2D eigenvalue weighted by molar-refractivity contribution is -0.122. The van der Waals surface area contributed by atoms with Gasteiger partial charge in [-0.1, -0.05) is 33.6 Å². The maximum Gasteiger partial charge on any atom is 0.220 e. The minimum Gasteiger partial charge on any atom is -0.353 e. The van der Waals surface area contributed by atoms with Gasteiger partial charge in [-0.15, -0.1) is 0 Å². The highest BCUT2D eigenvalue weighted by atomic mass is 16.1. The van der Waals surface area contributed by atoms with Crippen molar-refractivity contribution < 1.29 is 4.79 Å². The Morgan fingerprint density at radius 1 is 1.23 bits per heavy atom. The van der Waals surface area contributed by atoms with Crippen molar-refractivity contribution >= 4 is 5.91 Å². The molecule has 0 radical (unpaired) electrons. The summed E-state index contributed by atoms with van der Waals surface area (Å²) in [7, 11) is 0. The van der Waals surface area contributed by atoms with E-state index < -0.39 is 0 Å². The molecule has 0 bridgehead atoms. The smallest absolute Gasteiger partial charge is 0.220 e. The van der Waals surface area contributed by atoms with E-state index in [9.17, 15) is 4.79 Å². The van der Waals surface area contributed by atoms with Gasteiger partial charge in [-0.25, -0.2) is 0 Å². The number of unbranched alkanes of at least 4 members (excludes halogenated alkanes) is 1. The van der Waals surface area contributed by atoms with E-state index in [0.717, 1.165) is 32.1 Å². The molecule has 0 aromatic heterocycles. The first-order chi connectivity index (χ1) is 6.24. The van der Waals surface area contributed by atoms with Crippen molar-refractivity contribution in [1.82, 2.24) is 5.32 Å². The van der Waals surface area contributed by atoms with Crippen LogP contribution in [0.3, 0.4) is 0 Å². The first-order valence-corrected chi connectivity index (χ1v) is 5.53. The van der Waals surface area contributed by atoms with Crippen LogP contribution in [0.15, 0.2) is 0 Å². The molecule has 0 rings (SSSR count). The van der Waals surface area contributed by atoms with E-state index in [2.05, 4.69) is 26.1 Å². The van der Waals surface area contributed by atoms with E-state index in [-0.39, 0.29) is 5.91 Å². The third kappa shape index (κ3) is 6.62. The molecule has 2 heteroatoms. The lowest BCUT2D eigenvalue weighted by Gasteiger charge is -2.15. The summed E-state index contributed by atoms with van der Waals surface area (Å²) in [5.74, 6) is 0.224. The number of carbonyl (C=O) groups excluding carboxylic acids is 1. The van der Waals surface area contributed by atoms with Gasteiger partial charge in [0, 0.05) is 12.5 Å². The van der Waals surface area contributed by atoms with E-state index in [1.54, 1.807) is 0 Å². The van der Waals surface area contributed by atoms with Gasteiger partial charge in [-0.05, 0) is 19.3 Å². The van der Waals surface area contributed by atoms with Crippen LogP contribution in [-0.4, -0.2) is 11.9 Å². The van der Waals surface area contributed by atoms with Gasteiger partial charge < -0.3 is 5.32 Å². The number of hydrogen-bond donors (Lipinski definition) is 1. The highest BCUT2D eigenvalue weighted by Gasteiger charge is 2.07. The molecule has 0 spiro atoms. The van der Waals surface area contributed by atoms with Crippen LogP contribution >= 0.6 is 0 Å². The summed E-state index contributed by atoms with van der Waals surface area (Å²) in [6.07, 6.45) is 6.09. The number of rotatable bonds is 7. The molecule has 1 N–H and O–H groups in total. The van der Waals surface area contributed by atoms with Gasteiger partial charge in [0.05, 0.1) is 0 Å². The Morgan fingerprint density at radius 2 is 1.92 bits per heavy atom. The van der Waals surface area contributed by atoms with Crippen molar-refractivity contribution in [2.45, 2.75) is 65.3 Å². The maximum atomic E-state index is 11.3. The highest BCUT2D eigenvalue weighted by Crippen LogP contribution is 2.02. The first kappa shape index (κ1) is 12.5. The topological polar surface area (TPSA) is 29.1 Å². The molecule has 0 aromatic rings. The maximum absolute atomic E-state index is 11.3. The van der Waals surface area contributed by atoms with Crippen molar-refractivity contribution in [3.63, 3.8) is 0 Å². The van der Waals surface area contributed by atoms with E-state index in [4.69, 9.17) is 0 Å². The first-order valence-electron chi connectivity index (χ1n) is 5.53. The van der Waals surface area contributed by atoms with Gasteiger partial charge in [0.15, 0.2) is 0 Å². The van der Waals surface area contributed by atoms with E-state index in [1.807, 2.05) is 0 Å². The summed E-state index contributed by atoms with van der Waals surface area (Å²) in [4.78, 5) is 11.3. The molecule has 0 aliphatic carbocycles. The molecule has 0 saturated heterocycles. The lowest BCUT2D eigenvalue weighted by Crippen LogP contribution is -2.33. The highest BCUT2D eigenvalue weighted by molar-refractivity contribution is 5.76. The molecule has 78 valence electrons. The third-order valence-electron chi connectivity index (χ3n) is 2.25. The Kier molecular flexibility index (Phi) is 7.76. The Bertz CT molecular complexity index is 134. The monoisotopic (exact) mass is 185 g/mol. The Balaban J connectivity index is 3.60. The number of carbonyl (C=O) groups is 1. The van der Waals surface area contributed by atoms with Crippen molar-refractivity contribution in [2.24, 2.45) is 0 Å². The molecule has 1 unspecified atom stereocenters. The Morgan fingerprint density at radius 3 is 2.38 bits per heavy atom. The van der Waals surface area contributed by atoms with Crippen LogP contribution in [0.5, 0.6) is 0 Å². The standard InChI is InChI=1S/C11H23NO/c1-4-7-9-11(13)12-10(6-3)8-5-2/h10H,4-9H2,1-3H3,(H,12,13). The van der Waals surface area contributed by atoms with E-state index in [1.165, 1.54) is 0 Å². The summed E-state index contributed by atoms with van der Waals surface area (Å²) in [6, 6.07) is 0.398. The van der Waals surface area contributed by atoms with Crippen LogP contribution in [0, 0.1) is 0 Å². The second-order valence-electron chi connectivity index (χ2n) is 3.56. The van der Waals surface area contributed by atoms with Gasteiger partial charge in [0.25, 0.3) is 0 Å². The zero-order valence-electron chi connectivity index (χ0n) is 9.23. The lowest BCUT2D eigenvalue weighted by atomic mass is 10.1. The molecule has 0 aliphatic heterocycles. The molecule has 0 fully saturated rings. The Labute approximate surface area is 82.1 Å². The van der Waals surface area contributed by atoms with Crippen LogP contribution in [0.2, 0.25) is 0 Å². The molecule has 1 amide bonds. The van der Waals surface area contributed by atoms with Gasteiger partial charge in [-0.3, -0.25) is 4.79 Å². The van der Waals surface area contributed by atoms with Crippen molar-refractivity contribution in [3.8, 4) is 0 Å². The largest absolute Gasteiger partial charge is 0.353 e. The number of hydrogen-bond acceptors (Lipinski definition) is 1. The van der Waals surface area contributed by atoms with Crippen molar-refractivity contribution in [1.29, 1.82) is 0 Å². The van der Waals surface area contributed by atoms with E-state index >= 15 is 0 Å². The van der Waals surface area contributed by atoms with Crippen LogP contribution in [0.4, 0.5) is 0 Å². The molecule has 0 saturated carbocycles. The molecular weight excluding hydrogens is 162 g/mol. The zero-order chi connectivity index (χ0) is 10.1. The molecule has 13 heavy (non-hydrogen) atoms. The summed E-state index contributed by atoms with van der Waals surface area (Å²) < 4.78 is 0. The fourth-order valence-electron chi connectivity index (χ4n) is 1.36. The minimum atomic E-state index is 0.224. The summed E-state index contributed by atoms with van der Waals surface area (Å²) >= 11 is 0. The summed E-state index contributed by atoms with van der Waals surface area (Å²) in [5.41, 5.74) is 0. The Hall–Kier alpha value is -0.530. The average molecular weight is 185 g/mol. The quantitative estimate of drug-likeness (QED) is 0.649. The van der Waals surface area contributed by atoms with Crippen LogP contribution in [0.1, 0.15) is 59.3 Å². The van der Waals surface area contributed by atoms with E-state index in [0.29, 0.717) is 12.5 Å². The van der Waals surface area contributed by atoms with Gasteiger partial charge in [0.1, 0.15) is 0 Å². The second kappa shape index (κ2) is 8.09. The SMILES string of the molecule is CCCCC(=O)NC(CC)CCC. The predicted octanol–water partition coefficient (Wildman–Crippen LogP) is 2.87. The van der Waals surface area contributed by atoms with Crippen LogP contribution in [-0.2, 0) is 4.79 Å². The summed E-state index contributed by atoms with van der Waals surface area (Å²) in [6.45, 7) is 6.39. The van der Waals surface area contributed by atoms with Crippen LogP contribution in [0.25, 0.3) is 0 Å². The fraction of sp³-hybridized carbons (Fsp3) is 0.909. The molecule has 0 heterocycles. The normalized spacial score (nSPS) is 12.5. The third-order valence-corrected chi connectivity index (χ3v) is 2.25. The molecular formula is C11H23NO. The van der Waals surface area contributed by atoms with Gasteiger partial charge in [0.2, 0.25) is 5.91 Å².